The number of carboxylic acid groups (broad SMARTS) is 1. The Bertz CT molecular complexity index is 468. The third-order valence-corrected chi connectivity index (χ3v) is 2.91. The number of hydrogen-bond acceptors (Lipinski definition) is 5. The quantitative estimate of drug-likeness (QED) is 0.581. The monoisotopic (exact) mass is 268 g/mol. The lowest BCUT2D eigenvalue weighted by molar-refractivity contribution is 0.0690. The Kier molecular flexibility index (Phi) is 3.95. The number of aromatic carboxylic acids is 1. The molecule has 0 aliphatic carbocycles. The van der Waals surface area contributed by atoms with Gasteiger partial charge in [0, 0.05) is 19.6 Å². The number of aromatic nitrogens is 3. The van der Waals surface area contributed by atoms with Crippen LogP contribution in [-0.2, 0) is 0 Å². The molecule has 0 unspecified atom stereocenters. The van der Waals surface area contributed by atoms with Crippen LogP contribution in [0.15, 0.2) is 6.20 Å². The number of rotatable bonds is 5. The molecule has 2 heterocycles. The molecule has 0 aromatic carbocycles. The minimum absolute atomic E-state index is 0.0131. The summed E-state index contributed by atoms with van der Waals surface area (Å²) in [6, 6.07) is -0.149. The number of nitrogens with two attached hydrogens (primary N) is 1. The van der Waals surface area contributed by atoms with Crippen molar-refractivity contribution in [3.05, 3.63) is 11.9 Å². The van der Waals surface area contributed by atoms with Gasteiger partial charge >= 0.3 is 12.0 Å². The van der Waals surface area contributed by atoms with E-state index in [4.69, 9.17) is 10.8 Å². The largest absolute Gasteiger partial charge is 0.476 e. The van der Waals surface area contributed by atoms with Gasteiger partial charge in [-0.25, -0.2) is 14.3 Å². The number of urea groups is 1. The molecule has 2 rings (SSSR count). The molecule has 0 saturated carbocycles. The normalized spacial score (nSPS) is 15.1. The van der Waals surface area contributed by atoms with Gasteiger partial charge in [0.1, 0.15) is 0 Å². The fourth-order valence-corrected chi connectivity index (χ4v) is 1.75. The van der Waals surface area contributed by atoms with E-state index < -0.39 is 5.97 Å². The van der Waals surface area contributed by atoms with Gasteiger partial charge in [-0.1, -0.05) is 5.21 Å². The van der Waals surface area contributed by atoms with Crippen LogP contribution < -0.4 is 11.1 Å². The summed E-state index contributed by atoms with van der Waals surface area (Å²) in [5, 5.41) is 18.7. The first-order valence-electron chi connectivity index (χ1n) is 5.99. The van der Waals surface area contributed by atoms with E-state index in [0.29, 0.717) is 26.2 Å². The van der Waals surface area contributed by atoms with Crippen LogP contribution in [0.25, 0.3) is 0 Å². The molecule has 1 aromatic heterocycles. The van der Waals surface area contributed by atoms with Gasteiger partial charge in [0.25, 0.3) is 0 Å². The second kappa shape index (κ2) is 5.65. The summed E-state index contributed by atoms with van der Waals surface area (Å²) in [7, 11) is 0. The van der Waals surface area contributed by atoms with Crippen molar-refractivity contribution < 1.29 is 14.7 Å². The molecule has 1 aromatic rings. The van der Waals surface area contributed by atoms with E-state index in [1.807, 2.05) is 0 Å². The molecule has 1 aliphatic heterocycles. The third kappa shape index (κ3) is 2.99. The van der Waals surface area contributed by atoms with Gasteiger partial charge in [0.2, 0.25) is 0 Å². The van der Waals surface area contributed by atoms with E-state index in [2.05, 4.69) is 15.6 Å². The van der Waals surface area contributed by atoms with Crippen LogP contribution >= 0.6 is 0 Å². The number of likely N-dealkylation sites (tertiary alicyclic amines) is 1. The van der Waals surface area contributed by atoms with Gasteiger partial charge in [-0.15, -0.1) is 5.10 Å². The number of nitrogens with zero attached hydrogens (tertiary/aromatic N) is 4. The van der Waals surface area contributed by atoms with Gasteiger partial charge in [-0.2, -0.15) is 0 Å². The molecule has 0 bridgehead atoms. The lowest BCUT2D eigenvalue weighted by Crippen LogP contribution is -2.54. The molecule has 1 fully saturated rings. The zero-order valence-electron chi connectivity index (χ0n) is 10.3. The SMILES string of the molecule is NCCCNC(=O)N1CC(n2cc(C(=O)O)nn2)C1. The van der Waals surface area contributed by atoms with Crippen LogP contribution in [0.4, 0.5) is 4.79 Å². The standard InChI is InChI=1S/C10H16N6O3/c11-2-1-3-12-10(19)15-4-7(5-15)16-6-8(9(17)18)13-14-16/h6-7H,1-5,11H2,(H,12,19)(H,17,18). The lowest BCUT2D eigenvalue weighted by Gasteiger charge is -2.38. The van der Waals surface area contributed by atoms with Crippen molar-refractivity contribution in [3.8, 4) is 0 Å². The average Bonchev–Trinajstić information content (AvgIpc) is 2.77. The van der Waals surface area contributed by atoms with E-state index in [-0.39, 0.29) is 17.8 Å². The van der Waals surface area contributed by atoms with E-state index in [0.717, 1.165) is 6.42 Å². The highest BCUT2D eigenvalue weighted by molar-refractivity contribution is 5.84. The first-order chi connectivity index (χ1) is 9.11. The zero-order chi connectivity index (χ0) is 13.8. The maximum atomic E-state index is 11.6. The minimum Gasteiger partial charge on any atom is -0.476 e. The minimum atomic E-state index is -1.11. The van der Waals surface area contributed by atoms with Gasteiger partial charge in [0.05, 0.1) is 12.2 Å². The molecule has 1 saturated heterocycles. The first-order valence-corrected chi connectivity index (χ1v) is 5.99. The molecule has 104 valence electrons. The average molecular weight is 268 g/mol. The summed E-state index contributed by atoms with van der Waals surface area (Å²) >= 11 is 0. The Labute approximate surface area is 109 Å². The molecular weight excluding hydrogens is 252 g/mol. The number of hydrogen-bond donors (Lipinski definition) is 3. The van der Waals surface area contributed by atoms with Crippen LogP contribution in [0, 0.1) is 0 Å². The first kappa shape index (κ1) is 13.3. The van der Waals surface area contributed by atoms with Crippen LogP contribution in [0.5, 0.6) is 0 Å². The predicted molar refractivity (Wildman–Crippen MR) is 64.7 cm³/mol. The van der Waals surface area contributed by atoms with Crippen molar-refractivity contribution >= 4 is 12.0 Å². The summed E-state index contributed by atoms with van der Waals surface area (Å²) < 4.78 is 1.48. The zero-order valence-corrected chi connectivity index (χ0v) is 10.3. The van der Waals surface area contributed by atoms with E-state index in [1.54, 1.807) is 4.90 Å². The van der Waals surface area contributed by atoms with Crippen LogP contribution in [0.1, 0.15) is 23.0 Å². The molecule has 9 heteroatoms. The Balaban J connectivity index is 1.78. The number of nitrogens with one attached hydrogen (secondary N) is 1. The summed E-state index contributed by atoms with van der Waals surface area (Å²) in [6.07, 6.45) is 2.12. The highest BCUT2D eigenvalue weighted by Crippen LogP contribution is 2.20. The molecule has 9 nitrogen and oxygen atoms in total. The van der Waals surface area contributed by atoms with Crippen molar-refractivity contribution in [3.63, 3.8) is 0 Å². The van der Waals surface area contributed by atoms with E-state index in [9.17, 15) is 9.59 Å². The van der Waals surface area contributed by atoms with Crippen LogP contribution in [-0.4, -0.2) is 63.2 Å². The molecule has 2 amide bonds. The van der Waals surface area contributed by atoms with Crippen molar-refractivity contribution in [1.82, 2.24) is 25.2 Å². The van der Waals surface area contributed by atoms with Gasteiger partial charge in [-0.05, 0) is 13.0 Å². The van der Waals surface area contributed by atoms with Crippen molar-refractivity contribution in [2.24, 2.45) is 5.73 Å². The lowest BCUT2D eigenvalue weighted by atomic mass is 10.1. The molecule has 0 spiro atoms. The van der Waals surface area contributed by atoms with Crippen molar-refractivity contribution in [2.45, 2.75) is 12.5 Å². The predicted octanol–water partition coefficient (Wildman–Crippen LogP) is -1.11. The van der Waals surface area contributed by atoms with Gasteiger partial charge < -0.3 is 21.1 Å². The highest BCUT2D eigenvalue weighted by Gasteiger charge is 2.32. The number of carbonyl (C=O) groups is 2. The van der Waals surface area contributed by atoms with Crippen LogP contribution in [0.3, 0.4) is 0 Å². The summed E-state index contributed by atoms with van der Waals surface area (Å²) in [4.78, 5) is 23.9. The highest BCUT2D eigenvalue weighted by atomic mass is 16.4. The third-order valence-electron chi connectivity index (χ3n) is 2.91. The fraction of sp³-hybridized carbons (Fsp3) is 0.600. The maximum absolute atomic E-state index is 11.6. The molecule has 0 atom stereocenters. The molecule has 1 aliphatic rings. The number of amides is 2. The van der Waals surface area contributed by atoms with Gasteiger partial charge in [-0.3, -0.25) is 0 Å². The molecule has 4 N–H and O–H groups in total. The number of carbonyl (C=O) groups excluding carboxylic acids is 1. The topological polar surface area (TPSA) is 126 Å². The Morgan fingerprint density at radius 2 is 2.26 bits per heavy atom. The second-order valence-electron chi connectivity index (χ2n) is 4.32. The smallest absolute Gasteiger partial charge is 0.358 e. The maximum Gasteiger partial charge on any atom is 0.358 e. The van der Waals surface area contributed by atoms with E-state index >= 15 is 0 Å². The summed E-state index contributed by atoms with van der Waals surface area (Å²) in [6.45, 7) is 2.09. The van der Waals surface area contributed by atoms with Crippen molar-refractivity contribution in [1.29, 1.82) is 0 Å². The number of carboxylic acids is 1. The van der Waals surface area contributed by atoms with Crippen molar-refractivity contribution in [2.75, 3.05) is 26.2 Å². The molecular formula is C10H16N6O3. The Morgan fingerprint density at radius 3 is 2.84 bits per heavy atom. The Morgan fingerprint density at radius 1 is 1.53 bits per heavy atom. The summed E-state index contributed by atoms with van der Waals surface area (Å²) in [5.41, 5.74) is 5.24. The second-order valence-corrected chi connectivity index (χ2v) is 4.32. The van der Waals surface area contributed by atoms with E-state index in [1.165, 1.54) is 10.9 Å². The molecule has 19 heavy (non-hydrogen) atoms. The Hall–Kier alpha value is -2.16. The summed E-state index contributed by atoms with van der Waals surface area (Å²) in [5.74, 6) is -1.11. The fourth-order valence-electron chi connectivity index (χ4n) is 1.75. The van der Waals surface area contributed by atoms with Gasteiger partial charge in [0.15, 0.2) is 5.69 Å². The van der Waals surface area contributed by atoms with Crippen LogP contribution in [0.2, 0.25) is 0 Å². The molecule has 0 radical (unpaired) electrons.